The number of carbonyl (C=O) groups is 1. The number of hydrogen-bond donors (Lipinski definition) is 0. The summed E-state index contributed by atoms with van der Waals surface area (Å²) in [6.07, 6.45) is 5.31. The Bertz CT molecular complexity index is 374. The van der Waals surface area contributed by atoms with Crippen molar-refractivity contribution < 1.29 is 14.3 Å². The highest BCUT2D eigenvalue weighted by atomic mass is 16.5. The van der Waals surface area contributed by atoms with E-state index >= 15 is 0 Å². The van der Waals surface area contributed by atoms with Gasteiger partial charge in [-0.2, -0.15) is 0 Å². The molecule has 0 radical (unpaired) electrons. The Morgan fingerprint density at radius 1 is 1.43 bits per heavy atom. The summed E-state index contributed by atoms with van der Waals surface area (Å²) in [6, 6.07) is 0. The molecule has 0 aromatic rings. The van der Waals surface area contributed by atoms with Crippen molar-refractivity contribution in [3.8, 4) is 0 Å². The number of carbonyl (C=O) groups excluding carboxylic acids is 1. The lowest BCUT2D eigenvalue weighted by atomic mass is 9.97. The second kappa shape index (κ2) is 7.80. The van der Waals surface area contributed by atoms with E-state index in [0.29, 0.717) is 12.7 Å². The lowest BCUT2D eigenvalue weighted by Crippen LogP contribution is -2.38. The number of esters is 1. The van der Waals surface area contributed by atoms with E-state index < -0.39 is 0 Å². The molecule has 1 unspecified atom stereocenters. The first-order valence-electron chi connectivity index (χ1n) is 7.98. The van der Waals surface area contributed by atoms with Gasteiger partial charge >= 0.3 is 5.97 Å². The van der Waals surface area contributed by atoms with Crippen LogP contribution in [-0.4, -0.2) is 68.8 Å². The van der Waals surface area contributed by atoms with Crippen LogP contribution >= 0.6 is 0 Å². The van der Waals surface area contributed by atoms with Crippen molar-refractivity contribution in [3.63, 3.8) is 0 Å². The summed E-state index contributed by atoms with van der Waals surface area (Å²) in [5.74, 6) is 1.15. The average molecular weight is 296 g/mol. The first-order chi connectivity index (χ1) is 10.1. The zero-order valence-electron chi connectivity index (χ0n) is 13.5. The van der Waals surface area contributed by atoms with Crippen molar-refractivity contribution in [1.82, 2.24) is 9.80 Å². The first-order valence-corrected chi connectivity index (χ1v) is 7.98. The fourth-order valence-corrected chi connectivity index (χ4v) is 3.00. The molecule has 1 atom stereocenters. The summed E-state index contributed by atoms with van der Waals surface area (Å²) in [7, 11) is 4.14. The third kappa shape index (κ3) is 5.00. The Balaban J connectivity index is 1.69. The Morgan fingerprint density at radius 2 is 2.14 bits per heavy atom. The monoisotopic (exact) mass is 296 g/mol. The molecule has 1 fully saturated rings. The van der Waals surface area contributed by atoms with Gasteiger partial charge in [0.05, 0.1) is 19.1 Å². The second-order valence-corrected chi connectivity index (χ2v) is 6.21. The lowest BCUT2D eigenvalue weighted by molar-refractivity contribution is -0.149. The quantitative estimate of drug-likeness (QED) is 0.695. The van der Waals surface area contributed by atoms with Crippen molar-refractivity contribution in [2.45, 2.75) is 32.3 Å². The molecule has 2 aliphatic heterocycles. The third-order valence-corrected chi connectivity index (χ3v) is 4.08. The van der Waals surface area contributed by atoms with Gasteiger partial charge in [-0.3, -0.25) is 9.69 Å². The van der Waals surface area contributed by atoms with E-state index in [1.165, 1.54) is 0 Å². The van der Waals surface area contributed by atoms with E-state index in [4.69, 9.17) is 9.47 Å². The predicted octanol–water partition coefficient (Wildman–Crippen LogP) is 1.50. The van der Waals surface area contributed by atoms with Gasteiger partial charge in [-0.1, -0.05) is 0 Å². The van der Waals surface area contributed by atoms with Crippen molar-refractivity contribution in [3.05, 3.63) is 11.8 Å². The largest absolute Gasteiger partial charge is 0.492 e. The number of ether oxygens (including phenoxy) is 2. The molecule has 2 heterocycles. The van der Waals surface area contributed by atoms with Crippen LogP contribution in [-0.2, 0) is 14.3 Å². The van der Waals surface area contributed by atoms with Crippen LogP contribution in [0.5, 0.6) is 0 Å². The Hall–Kier alpha value is -1.07. The summed E-state index contributed by atoms with van der Waals surface area (Å²) in [5, 5.41) is 0. The molecule has 0 spiro atoms. The molecule has 0 N–H and O–H groups in total. The number of likely N-dealkylation sites (N-methyl/N-ethyl adjacent to an activating group) is 1. The zero-order chi connectivity index (χ0) is 15.2. The number of likely N-dealkylation sites (tertiary alicyclic amines) is 1. The maximum Gasteiger partial charge on any atom is 0.309 e. The summed E-state index contributed by atoms with van der Waals surface area (Å²) in [6.45, 7) is 6.07. The van der Waals surface area contributed by atoms with Gasteiger partial charge in [0.15, 0.2) is 0 Å². The van der Waals surface area contributed by atoms with Gasteiger partial charge in [-0.05, 0) is 53.0 Å². The van der Waals surface area contributed by atoms with Crippen LogP contribution in [0.2, 0.25) is 0 Å². The normalized spacial score (nSPS) is 24.0. The van der Waals surface area contributed by atoms with Crippen LogP contribution < -0.4 is 0 Å². The van der Waals surface area contributed by atoms with Gasteiger partial charge in [-0.15, -0.1) is 0 Å². The second-order valence-electron chi connectivity index (χ2n) is 6.21. The summed E-state index contributed by atoms with van der Waals surface area (Å²) in [4.78, 5) is 16.2. The SMILES string of the molecule is CCOC(=O)C1CCN(CC2=CCC(CN(C)C)O2)CC1. The molecule has 120 valence electrons. The van der Waals surface area contributed by atoms with E-state index in [-0.39, 0.29) is 11.9 Å². The van der Waals surface area contributed by atoms with Gasteiger partial charge < -0.3 is 14.4 Å². The summed E-state index contributed by atoms with van der Waals surface area (Å²) < 4.78 is 11.1. The molecular formula is C16H28N2O3. The first kappa shape index (κ1) is 16.3. The molecule has 5 heteroatoms. The van der Waals surface area contributed by atoms with Crippen LogP contribution in [0, 0.1) is 5.92 Å². The van der Waals surface area contributed by atoms with Gasteiger partial charge in [0.2, 0.25) is 0 Å². The molecule has 5 nitrogen and oxygen atoms in total. The standard InChI is InChI=1S/C16H28N2O3/c1-4-20-16(19)13-7-9-18(10-8-13)12-15-6-5-14(21-15)11-17(2)3/h6,13-14H,4-5,7-12H2,1-3H3. The van der Waals surface area contributed by atoms with Crippen molar-refractivity contribution in [2.24, 2.45) is 5.92 Å². The van der Waals surface area contributed by atoms with E-state index in [1.54, 1.807) is 0 Å². The van der Waals surface area contributed by atoms with E-state index in [1.807, 2.05) is 6.92 Å². The molecule has 1 saturated heterocycles. The van der Waals surface area contributed by atoms with Crippen molar-refractivity contribution in [1.29, 1.82) is 0 Å². The number of hydrogen-bond acceptors (Lipinski definition) is 5. The maximum atomic E-state index is 11.7. The van der Waals surface area contributed by atoms with E-state index in [0.717, 1.165) is 51.2 Å². The van der Waals surface area contributed by atoms with Crippen LogP contribution in [0.25, 0.3) is 0 Å². The van der Waals surface area contributed by atoms with Gasteiger partial charge in [0.25, 0.3) is 0 Å². The van der Waals surface area contributed by atoms with Gasteiger partial charge in [-0.25, -0.2) is 0 Å². The molecule has 0 aromatic heterocycles. The molecule has 2 aliphatic rings. The molecule has 0 amide bonds. The smallest absolute Gasteiger partial charge is 0.309 e. The minimum Gasteiger partial charge on any atom is -0.492 e. The van der Waals surface area contributed by atoms with Crippen molar-refractivity contribution >= 4 is 5.97 Å². The van der Waals surface area contributed by atoms with Crippen LogP contribution in [0.1, 0.15) is 26.2 Å². The molecule has 2 rings (SSSR count). The number of piperidine rings is 1. The Labute approximate surface area is 127 Å². The molecule has 0 saturated carbocycles. The molecule has 21 heavy (non-hydrogen) atoms. The summed E-state index contributed by atoms with van der Waals surface area (Å²) in [5.41, 5.74) is 0. The Kier molecular flexibility index (Phi) is 6.06. The molecule has 0 aliphatic carbocycles. The predicted molar refractivity (Wildman–Crippen MR) is 81.9 cm³/mol. The number of rotatable bonds is 6. The number of nitrogens with zero attached hydrogens (tertiary/aromatic N) is 2. The minimum atomic E-state index is -0.0282. The highest BCUT2D eigenvalue weighted by molar-refractivity contribution is 5.72. The molecule has 0 aromatic carbocycles. The fraction of sp³-hybridized carbons (Fsp3) is 0.812. The van der Waals surface area contributed by atoms with Crippen LogP contribution in [0.3, 0.4) is 0 Å². The van der Waals surface area contributed by atoms with Crippen LogP contribution in [0.15, 0.2) is 11.8 Å². The maximum absolute atomic E-state index is 11.7. The molecule has 0 bridgehead atoms. The van der Waals surface area contributed by atoms with Gasteiger partial charge in [0.1, 0.15) is 11.9 Å². The fourth-order valence-electron chi connectivity index (χ4n) is 3.00. The Morgan fingerprint density at radius 3 is 2.76 bits per heavy atom. The highest BCUT2D eigenvalue weighted by Crippen LogP contribution is 2.23. The topological polar surface area (TPSA) is 42.0 Å². The zero-order valence-corrected chi connectivity index (χ0v) is 13.5. The molecular weight excluding hydrogens is 268 g/mol. The van der Waals surface area contributed by atoms with Crippen molar-refractivity contribution in [2.75, 3.05) is 46.9 Å². The third-order valence-electron chi connectivity index (χ3n) is 4.08. The van der Waals surface area contributed by atoms with Gasteiger partial charge in [0, 0.05) is 13.0 Å². The summed E-state index contributed by atoms with van der Waals surface area (Å²) >= 11 is 0. The highest BCUT2D eigenvalue weighted by Gasteiger charge is 2.27. The minimum absolute atomic E-state index is 0.0282. The van der Waals surface area contributed by atoms with Crippen LogP contribution in [0.4, 0.5) is 0 Å². The lowest BCUT2D eigenvalue weighted by Gasteiger charge is -2.31. The van der Waals surface area contributed by atoms with E-state index in [2.05, 4.69) is 30.0 Å². The average Bonchev–Trinajstić information content (AvgIpc) is 2.86. The van der Waals surface area contributed by atoms with E-state index in [9.17, 15) is 4.79 Å².